The number of hydrogen-bond acceptors (Lipinski definition) is 2. The van der Waals surface area contributed by atoms with Gasteiger partial charge in [0.05, 0.1) is 0 Å². The van der Waals surface area contributed by atoms with Crippen molar-refractivity contribution in [3.63, 3.8) is 0 Å². The minimum atomic E-state index is -0.674. The largest absolute Gasteiger partial charge is 0.354 e. The highest BCUT2D eigenvalue weighted by Gasteiger charge is 2.29. The van der Waals surface area contributed by atoms with Crippen LogP contribution in [0.1, 0.15) is 44.4 Å². The first-order valence-corrected chi connectivity index (χ1v) is 9.60. The van der Waals surface area contributed by atoms with Gasteiger partial charge in [-0.2, -0.15) is 0 Å². The Hall–Kier alpha value is -2.33. The van der Waals surface area contributed by atoms with Gasteiger partial charge in [-0.25, -0.2) is 0 Å². The van der Waals surface area contributed by atoms with Gasteiger partial charge in [-0.3, -0.25) is 9.59 Å². The van der Waals surface area contributed by atoms with Gasteiger partial charge in [-0.05, 0) is 35.6 Å². The molecule has 0 spiro atoms. The number of nitrogens with zero attached hydrogens (tertiary/aromatic N) is 1. The Bertz CT molecular complexity index is 745. The summed E-state index contributed by atoms with van der Waals surface area (Å²) in [4.78, 5) is 27.0. The van der Waals surface area contributed by atoms with Crippen LogP contribution in [0.15, 0.2) is 54.6 Å². The third-order valence-corrected chi connectivity index (χ3v) is 4.62. The molecule has 0 aliphatic carbocycles. The Morgan fingerprint density at radius 1 is 1.04 bits per heavy atom. The van der Waals surface area contributed by atoms with Gasteiger partial charge in [0.1, 0.15) is 6.04 Å². The van der Waals surface area contributed by atoms with E-state index in [0.717, 1.165) is 17.5 Å². The quantitative estimate of drug-likeness (QED) is 0.721. The molecular weight excluding hydrogens is 360 g/mol. The fourth-order valence-electron chi connectivity index (χ4n) is 2.86. The lowest BCUT2D eigenvalue weighted by Gasteiger charge is -2.30. The lowest BCUT2D eigenvalue weighted by Crippen LogP contribution is -2.43. The van der Waals surface area contributed by atoms with Gasteiger partial charge in [0, 0.05) is 25.0 Å². The van der Waals surface area contributed by atoms with E-state index in [1.165, 1.54) is 6.92 Å². The number of rotatable bonds is 8. The number of halogens is 1. The van der Waals surface area contributed by atoms with Crippen LogP contribution in [-0.4, -0.2) is 23.3 Å². The highest BCUT2D eigenvalue weighted by molar-refractivity contribution is 6.30. The van der Waals surface area contributed by atoms with Crippen LogP contribution in [0, 0.1) is 5.92 Å². The Morgan fingerprint density at radius 3 is 2.22 bits per heavy atom. The molecule has 0 radical (unpaired) electrons. The number of carbonyl (C=O) groups excluding carboxylic acids is 2. The molecule has 27 heavy (non-hydrogen) atoms. The zero-order valence-electron chi connectivity index (χ0n) is 16.1. The van der Waals surface area contributed by atoms with Crippen molar-refractivity contribution in [2.45, 2.75) is 39.8 Å². The summed E-state index contributed by atoms with van der Waals surface area (Å²) in [6, 6.07) is 16.1. The maximum atomic E-state index is 13.0. The summed E-state index contributed by atoms with van der Waals surface area (Å²) in [5.41, 5.74) is 1.72. The minimum absolute atomic E-state index is 0.155. The van der Waals surface area contributed by atoms with Crippen molar-refractivity contribution in [3.05, 3.63) is 70.7 Å². The van der Waals surface area contributed by atoms with Gasteiger partial charge in [-0.1, -0.05) is 67.9 Å². The summed E-state index contributed by atoms with van der Waals surface area (Å²) < 4.78 is 0. The molecule has 0 heterocycles. The molecular formula is C22H27ClN2O2. The van der Waals surface area contributed by atoms with E-state index in [4.69, 9.17) is 11.6 Å². The molecule has 1 atom stereocenters. The van der Waals surface area contributed by atoms with Crippen LogP contribution in [0.5, 0.6) is 0 Å². The topological polar surface area (TPSA) is 49.4 Å². The third-order valence-electron chi connectivity index (χ3n) is 4.37. The number of carbonyl (C=O) groups is 2. The number of benzene rings is 2. The van der Waals surface area contributed by atoms with Crippen molar-refractivity contribution in [2.75, 3.05) is 6.54 Å². The number of hydrogen-bond donors (Lipinski definition) is 1. The van der Waals surface area contributed by atoms with Crippen LogP contribution in [0.25, 0.3) is 0 Å². The Labute approximate surface area is 166 Å². The second-order valence-electron chi connectivity index (χ2n) is 7.06. The number of nitrogens with one attached hydrogen (secondary N) is 1. The summed E-state index contributed by atoms with van der Waals surface area (Å²) in [5, 5.41) is 3.63. The molecule has 0 unspecified atom stereocenters. The van der Waals surface area contributed by atoms with Crippen LogP contribution >= 0.6 is 11.6 Å². The second-order valence-corrected chi connectivity index (χ2v) is 7.50. The van der Waals surface area contributed by atoms with Crippen LogP contribution in [0.3, 0.4) is 0 Å². The molecule has 0 fully saturated rings. The van der Waals surface area contributed by atoms with Gasteiger partial charge in [0.15, 0.2) is 0 Å². The van der Waals surface area contributed by atoms with E-state index in [0.29, 0.717) is 24.0 Å². The summed E-state index contributed by atoms with van der Waals surface area (Å²) >= 11 is 5.96. The fraction of sp³-hybridized carbons (Fsp3) is 0.364. The Balaban J connectivity index is 2.28. The average Bonchev–Trinajstić information content (AvgIpc) is 2.63. The minimum Gasteiger partial charge on any atom is -0.354 e. The van der Waals surface area contributed by atoms with Gasteiger partial charge >= 0.3 is 0 Å². The van der Waals surface area contributed by atoms with E-state index in [1.54, 1.807) is 17.0 Å². The van der Waals surface area contributed by atoms with E-state index in [1.807, 2.05) is 42.5 Å². The predicted molar refractivity (Wildman–Crippen MR) is 109 cm³/mol. The SMILES string of the molecule is CC(=O)N(Cc1ccc(Cl)cc1)[C@@H](C(=O)NCCC(C)C)c1ccccc1. The maximum Gasteiger partial charge on any atom is 0.247 e. The summed E-state index contributed by atoms with van der Waals surface area (Å²) in [6.45, 7) is 6.65. The number of amides is 2. The predicted octanol–water partition coefficient (Wildman–Crippen LogP) is 4.59. The first-order valence-electron chi connectivity index (χ1n) is 9.22. The molecule has 2 aromatic rings. The molecule has 2 amide bonds. The zero-order valence-corrected chi connectivity index (χ0v) is 16.9. The molecule has 5 heteroatoms. The normalized spacial score (nSPS) is 11.9. The first kappa shape index (κ1) is 21.0. The molecule has 0 saturated carbocycles. The smallest absolute Gasteiger partial charge is 0.247 e. The molecule has 144 valence electrons. The lowest BCUT2D eigenvalue weighted by atomic mass is 10.0. The summed E-state index contributed by atoms with van der Waals surface area (Å²) in [6.07, 6.45) is 0.893. The first-order chi connectivity index (χ1) is 12.9. The van der Waals surface area contributed by atoms with E-state index >= 15 is 0 Å². The summed E-state index contributed by atoms with van der Waals surface area (Å²) in [5.74, 6) is 0.183. The second kappa shape index (κ2) is 10.1. The molecule has 2 aromatic carbocycles. The molecule has 0 aromatic heterocycles. The molecule has 1 N–H and O–H groups in total. The van der Waals surface area contributed by atoms with E-state index in [-0.39, 0.29) is 11.8 Å². The van der Waals surface area contributed by atoms with Crippen LogP contribution in [0.2, 0.25) is 5.02 Å². The van der Waals surface area contributed by atoms with Gasteiger partial charge in [0.2, 0.25) is 11.8 Å². The van der Waals surface area contributed by atoms with Crippen LogP contribution in [-0.2, 0) is 16.1 Å². The molecule has 2 rings (SSSR count). The fourth-order valence-corrected chi connectivity index (χ4v) is 2.99. The molecule has 0 aliphatic rings. The maximum absolute atomic E-state index is 13.0. The van der Waals surface area contributed by atoms with Crippen molar-refractivity contribution < 1.29 is 9.59 Å². The third kappa shape index (κ3) is 6.40. The van der Waals surface area contributed by atoms with Crippen LogP contribution in [0.4, 0.5) is 0 Å². The molecule has 0 saturated heterocycles. The Morgan fingerprint density at radius 2 is 1.67 bits per heavy atom. The van der Waals surface area contributed by atoms with E-state index in [2.05, 4.69) is 19.2 Å². The Kier molecular flexibility index (Phi) is 7.86. The lowest BCUT2D eigenvalue weighted by molar-refractivity contribution is -0.140. The molecule has 0 bridgehead atoms. The highest BCUT2D eigenvalue weighted by atomic mass is 35.5. The van der Waals surface area contributed by atoms with Gasteiger partial charge in [-0.15, -0.1) is 0 Å². The van der Waals surface area contributed by atoms with Crippen molar-refractivity contribution in [1.82, 2.24) is 10.2 Å². The molecule has 0 aliphatic heterocycles. The van der Waals surface area contributed by atoms with Crippen molar-refractivity contribution in [1.29, 1.82) is 0 Å². The summed E-state index contributed by atoms with van der Waals surface area (Å²) in [7, 11) is 0. The average molecular weight is 387 g/mol. The highest BCUT2D eigenvalue weighted by Crippen LogP contribution is 2.24. The van der Waals surface area contributed by atoms with E-state index < -0.39 is 6.04 Å². The van der Waals surface area contributed by atoms with Gasteiger partial charge < -0.3 is 10.2 Å². The van der Waals surface area contributed by atoms with Crippen molar-refractivity contribution >= 4 is 23.4 Å². The standard InChI is InChI=1S/C22H27ClN2O2/c1-16(2)13-14-24-22(27)21(19-7-5-4-6-8-19)25(17(3)26)15-18-9-11-20(23)12-10-18/h4-12,16,21H,13-15H2,1-3H3,(H,24,27)/t21-/m1/s1. The molecule has 4 nitrogen and oxygen atoms in total. The van der Waals surface area contributed by atoms with Crippen molar-refractivity contribution in [3.8, 4) is 0 Å². The van der Waals surface area contributed by atoms with E-state index in [9.17, 15) is 9.59 Å². The van der Waals surface area contributed by atoms with Crippen molar-refractivity contribution in [2.24, 2.45) is 5.92 Å². The van der Waals surface area contributed by atoms with Gasteiger partial charge in [0.25, 0.3) is 0 Å². The van der Waals surface area contributed by atoms with Crippen LogP contribution < -0.4 is 5.32 Å². The monoisotopic (exact) mass is 386 g/mol. The zero-order chi connectivity index (χ0) is 19.8.